The van der Waals surface area contributed by atoms with Gasteiger partial charge in [-0.2, -0.15) is 0 Å². The van der Waals surface area contributed by atoms with Crippen molar-refractivity contribution < 1.29 is 9.53 Å². The van der Waals surface area contributed by atoms with Gasteiger partial charge in [0.15, 0.2) is 0 Å². The van der Waals surface area contributed by atoms with Crippen LogP contribution in [0.1, 0.15) is 12.0 Å². The van der Waals surface area contributed by atoms with Crippen molar-refractivity contribution in [3.63, 3.8) is 0 Å². The van der Waals surface area contributed by atoms with Gasteiger partial charge >= 0.3 is 0 Å². The fraction of sp³-hybridized carbons (Fsp3) is 0.643. The van der Waals surface area contributed by atoms with Gasteiger partial charge in [0.05, 0.1) is 13.2 Å². The van der Waals surface area contributed by atoms with E-state index >= 15 is 0 Å². The molecule has 1 fully saturated rings. The fourth-order valence-corrected chi connectivity index (χ4v) is 2.17. The Morgan fingerprint density at radius 1 is 1.33 bits per heavy atom. The van der Waals surface area contributed by atoms with Crippen LogP contribution in [0.3, 0.4) is 0 Å². The Bertz CT molecular complexity index is 451. The summed E-state index contributed by atoms with van der Waals surface area (Å²) in [5, 5.41) is 3.25. The molecule has 21 heavy (non-hydrogen) atoms. The van der Waals surface area contributed by atoms with Crippen molar-refractivity contribution in [2.75, 3.05) is 51.8 Å². The fourth-order valence-electron chi connectivity index (χ4n) is 2.17. The molecule has 2 heterocycles. The van der Waals surface area contributed by atoms with E-state index in [0.29, 0.717) is 25.6 Å². The molecule has 0 spiro atoms. The van der Waals surface area contributed by atoms with Gasteiger partial charge in [0.1, 0.15) is 0 Å². The molecule has 116 valence electrons. The molecule has 0 atom stereocenters. The topological polar surface area (TPSA) is 70.6 Å². The molecule has 1 amide bonds. The second-order valence-electron chi connectivity index (χ2n) is 5.15. The molecule has 1 aliphatic rings. The Morgan fingerprint density at radius 2 is 2.10 bits per heavy atom. The molecule has 0 saturated carbocycles. The molecule has 7 nitrogen and oxygen atoms in total. The molecule has 1 saturated heterocycles. The van der Waals surface area contributed by atoms with Crippen LogP contribution in [0.25, 0.3) is 0 Å². The highest BCUT2D eigenvalue weighted by atomic mass is 16.5. The molecular formula is C14H23N5O2. The maximum absolute atomic E-state index is 11.9. The monoisotopic (exact) mass is 293 g/mol. The lowest BCUT2D eigenvalue weighted by Crippen LogP contribution is -2.35. The van der Waals surface area contributed by atoms with Gasteiger partial charge in [-0.25, -0.2) is 9.97 Å². The second-order valence-corrected chi connectivity index (χ2v) is 5.15. The first-order valence-electron chi connectivity index (χ1n) is 7.20. The van der Waals surface area contributed by atoms with Crippen LogP contribution in [0.2, 0.25) is 0 Å². The van der Waals surface area contributed by atoms with Crippen molar-refractivity contribution in [3.05, 3.63) is 18.0 Å². The van der Waals surface area contributed by atoms with Gasteiger partial charge in [0.25, 0.3) is 0 Å². The Morgan fingerprint density at radius 3 is 2.81 bits per heavy atom. The summed E-state index contributed by atoms with van der Waals surface area (Å²) < 4.78 is 4.97. The van der Waals surface area contributed by atoms with Crippen LogP contribution in [0, 0.1) is 0 Å². The number of likely N-dealkylation sites (N-methyl/N-ethyl adjacent to an activating group) is 1. The highest BCUT2D eigenvalue weighted by Crippen LogP contribution is 2.11. The van der Waals surface area contributed by atoms with E-state index in [-0.39, 0.29) is 5.91 Å². The molecule has 1 aliphatic heterocycles. The molecule has 1 N–H and O–H groups in total. The number of ether oxygens (including phenoxy) is 1. The molecule has 1 aromatic heterocycles. The molecular weight excluding hydrogens is 270 g/mol. The summed E-state index contributed by atoms with van der Waals surface area (Å²) in [5.41, 5.74) is 1.02. The number of nitrogens with zero attached hydrogens (tertiary/aromatic N) is 4. The SMILES string of the molecule is COCCNCc1cnc(N2CCCN(C)C(=O)C2)nc1. The zero-order valence-electron chi connectivity index (χ0n) is 12.7. The van der Waals surface area contributed by atoms with Crippen LogP contribution in [0.15, 0.2) is 12.4 Å². The highest BCUT2D eigenvalue weighted by Gasteiger charge is 2.20. The molecule has 7 heteroatoms. The smallest absolute Gasteiger partial charge is 0.241 e. The summed E-state index contributed by atoms with van der Waals surface area (Å²) >= 11 is 0. The highest BCUT2D eigenvalue weighted by molar-refractivity contribution is 5.81. The predicted octanol–water partition coefficient (Wildman–Crippen LogP) is -0.119. The van der Waals surface area contributed by atoms with Crippen LogP contribution in [-0.2, 0) is 16.1 Å². The maximum Gasteiger partial charge on any atom is 0.241 e. The van der Waals surface area contributed by atoms with Crippen molar-refractivity contribution in [3.8, 4) is 0 Å². The van der Waals surface area contributed by atoms with E-state index in [1.54, 1.807) is 24.4 Å². The van der Waals surface area contributed by atoms with E-state index in [0.717, 1.165) is 31.6 Å². The van der Waals surface area contributed by atoms with Crippen LogP contribution in [0.4, 0.5) is 5.95 Å². The Hall–Kier alpha value is -1.73. The Balaban J connectivity index is 1.90. The molecule has 0 aromatic carbocycles. The summed E-state index contributed by atoms with van der Waals surface area (Å²) in [6.07, 6.45) is 4.55. The van der Waals surface area contributed by atoms with Gasteiger partial charge in [0.2, 0.25) is 11.9 Å². The zero-order valence-corrected chi connectivity index (χ0v) is 12.7. The summed E-state index contributed by atoms with van der Waals surface area (Å²) in [4.78, 5) is 24.3. The molecule has 0 radical (unpaired) electrons. The van der Waals surface area contributed by atoms with Gasteiger partial charge in [-0.15, -0.1) is 0 Å². The van der Waals surface area contributed by atoms with E-state index < -0.39 is 0 Å². The maximum atomic E-state index is 11.9. The normalized spacial score (nSPS) is 16.2. The first kappa shape index (κ1) is 15.7. The second kappa shape index (κ2) is 7.90. The van der Waals surface area contributed by atoms with Crippen LogP contribution in [-0.4, -0.2) is 67.7 Å². The molecule has 0 bridgehead atoms. The summed E-state index contributed by atoms with van der Waals surface area (Å²) in [6.45, 7) is 4.14. The quantitative estimate of drug-likeness (QED) is 0.738. The van der Waals surface area contributed by atoms with Gasteiger partial charge in [0, 0.05) is 58.3 Å². The van der Waals surface area contributed by atoms with Crippen LogP contribution in [0.5, 0.6) is 0 Å². The van der Waals surface area contributed by atoms with E-state index in [1.807, 2.05) is 11.9 Å². The number of carbonyl (C=O) groups excluding carboxylic acids is 1. The van der Waals surface area contributed by atoms with Crippen molar-refractivity contribution >= 4 is 11.9 Å². The van der Waals surface area contributed by atoms with E-state index in [1.165, 1.54) is 0 Å². The lowest BCUT2D eigenvalue weighted by atomic mass is 10.3. The number of methoxy groups -OCH3 is 1. The summed E-state index contributed by atoms with van der Waals surface area (Å²) in [7, 11) is 3.51. The van der Waals surface area contributed by atoms with Crippen LogP contribution < -0.4 is 10.2 Å². The number of nitrogens with one attached hydrogen (secondary N) is 1. The molecule has 0 unspecified atom stereocenters. The number of amides is 1. The minimum Gasteiger partial charge on any atom is -0.383 e. The lowest BCUT2D eigenvalue weighted by Gasteiger charge is -2.19. The third-order valence-corrected chi connectivity index (χ3v) is 3.46. The Labute approximate surface area is 125 Å². The molecule has 2 rings (SSSR count). The minimum atomic E-state index is 0.112. The minimum absolute atomic E-state index is 0.112. The number of carbonyl (C=O) groups is 1. The summed E-state index contributed by atoms with van der Waals surface area (Å²) in [5.74, 6) is 0.737. The van der Waals surface area contributed by atoms with E-state index in [9.17, 15) is 4.79 Å². The first-order chi connectivity index (χ1) is 10.2. The number of anilines is 1. The van der Waals surface area contributed by atoms with Crippen molar-refractivity contribution in [1.29, 1.82) is 0 Å². The first-order valence-corrected chi connectivity index (χ1v) is 7.20. The average molecular weight is 293 g/mol. The summed E-state index contributed by atoms with van der Waals surface area (Å²) in [6, 6.07) is 0. The zero-order chi connectivity index (χ0) is 15.1. The Kier molecular flexibility index (Phi) is 5.89. The van der Waals surface area contributed by atoms with Gasteiger partial charge < -0.3 is 19.9 Å². The number of hydrogen-bond acceptors (Lipinski definition) is 6. The van der Waals surface area contributed by atoms with E-state index in [2.05, 4.69) is 15.3 Å². The van der Waals surface area contributed by atoms with Gasteiger partial charge in [-0.05, 0) is 6.42 Å². The molecule has 1 aromatic rings. The third-order valence-electron chi connectivity index (χ3n) is 3.46. The molecule has 0 aliphatic carbocycles. The predicted molar refractivity (Wildman–Crippen MR) is 80.1 cm³/mol. The standard InChI is InChI=1S/C14H23N5O2/c1-18-5-3-6-19(11-13(18)20)14-16-9-12(10-17-14)8-15-4-7-21-2/h9-10,15H,3-8,11H2,1-2H3. The van der Waals surface area contributed by atoms with E-state index in [4.69, 9.17) is 4.74 Å². The third kappa shape index (κ3) is 4.64. The number of aromatic nitrogens is 2. The average Bonchev–Trinajstić information content (AvgIpc) is 2.66. The van der Waals surface area contributed by atoms with Crippen LogP contribution >= 0.6 is 0 Å². The van der Waals surface area contributed by atoms with Crippen molar-refractivity contribution in [1.82, 2.24) is 20.2 Å². The largest absolute Gasteiger partial charge is 0.383 e. The van der Waals surface area contributed by atoms with Gasteiger partial charge in [-0.3, -0.25) is 4.79 Å². The van der Waals surface area contributed by atoms with Crippen molar-refractivity contribution in [2.45, 2.75) is 13.0 Å². The van der Waals surface area contributed by atoms with Crippen molar-refractivity contribution in [2.24, 2.45) is 0 Å². The lowest BCUT2D eigenvalue weighted by molar-refractivity contribution is -0.127. The number of rotatable bonds is 6. The number of hydrogen-bond donors (Lipinski definition) is 1. The van der Waals surface area contributed by atoms with Gasteiger partial charge in [-0.1, -0.05) is 0 Å².